The lowest BCUT2D eigenvalue weighted by molar-refractivity contribution is 0.508. The summed E-state index contributed by atoms with van der Waals surface area (Å²) in [6.07, 6.45) is 1.47. The lowest BCUT2D eigenvalue weighted by Gasteiger charge is -2.24. The van der Waals surface area contributed by atoms with Crippen molar-refractivity contribution in [3.8, 4) is 0 Å². The van der Waals surface area contributed by atoms with Crippen LogP contribution in [0.15, 0.2) is 79.4 Å². The molecule has 0 aliphatic heterocycles. The third-order valence-electron chi connectivity index (χ3n) is 3.98. The van der Waals surface area contributed by atoms with Crippen molar-refractivity contribution in [1.29, 1.82) is 0 Å². The number of rotatable bonds is 5. The van der Waals surface area contributed by atoms with Gasteiger partial charge in [0.2, 0.25) is 0 Å². The van der Waals surface area contributed by atoms with Gasteiger partial charge in [0.05, 0.1) is 33.9 Å². The third-order valence-corrected chi connectivity index (χ3v) is 6.06. The van der Waals surface area contributed by atoms with E-state index in [9.17, 15) is 13.2 Å². The van der Waals surface area contributed by atoms with E-state index in [0.29, 0.717) is 17.0 Å². The Labute approximate surface area is 158 Å². The zero-order valence-corrected chi connectivity index (χ0v) is 15.3. The molecule has 2 aromatic heterocycles. The average Bonchev–Trinajstić information content (AvgIpc) is 3.27. The molecule has 0 aliphatic carbocycles. The van der Waals surface area contributed by atoms with E-state index in [1.54, 1.807) is 36.4 Å². The van der Waals surface area contributed by atoms with Gasteiger partial charge in [-0.25, -0.2) is 13.2 Å². The Morgan fingerprint density at radius 3 is 2.63 bits per heavy atom. The smallest absolute Gasteiger partial charge is 0.417 e. The van der Waals surface area contributed by atoms with E-state index < -0.39 is 15.8 Å². The van der Waals surface area contributed by atoms with Crippen LogP contribution >= 0.6 is 11.6 Å². The lowest BCUT2D eigenvalue weighted by atomic mass is 10.3. The highest BCUT2D eigenvalue weighted by Gasteiger charge is 2.28. The summed E-state index contributed by atoms with van der Waals surface area (Å²) in [6, 6.07) is 14.1. The third kappa shape index (κ3) is 3.24. The first-order chi connectivity index (χ1) is 12.9. The highest BCUT2D eigenvalue weighted by atomic mass is 35.5. The van der Waals surface area contributed by atoms with Crippen molar-refractivity contribution < 1.29 is 17.3 Å². The Hall–Kier alpha value is -2.97. The van der Waals surface area contributed by atoms with Gasteiger partial charge in [-0.2, -0.15) is 0 Å². The van der Waals surface area contributed by atoms with E-state index in [1.807, 2.05) is 0 Å². The van der Waals surface area contributed by atoms with Crippen LogP contribution in [0.4, 0.5) is 5.69 Å². The second-order valence-electron chi connectivity index (χ2n) is 5.71. The summed E-state index contributed by atoms with van der Waals surface area (Å²) in [7, 11) is -4.02. The van der Waals surface area contributed by atoms with Crippen LogP contribution in [0, 0.1) is 0 Å². The van der Waals surface area contributed by atoms with Crippen molar-refractivity contribution in [2.45, 2.75) is 11.4 Å². The number of anilines is 1. The van der Waals surface area contributed by atoms with Crippen molar-refractivity contribution in [3.05, 3.63) is 82.2 Å². The highest BCUT2D eigenvalue weighted by molar-refractivity contribution is 7.92. The minimum absolute atomic E-state index is 0.0378. The number of furan rings is 1. The molecule has 0 saturated heterocycles. The average molecular weight is 405 g/mol. The SMILES string of the molecule is O=c1[nH]c2ccc(S(=O)(=O)N(Cc3ccco3)c3ccccc3Cl)cc2o1. The maximum atomic E-state index is 13.4. The summed E-state index contributed by atoms with van der Waals surface area (Å²) in [5, 5.41) is 0.280. The number of aromatic nitrogens is 1. The first-order valence-electron chi connectivity index (χ1n) is 7.88. The van der Waals surface area contributed by atoms with Crippen LogP contribution in [0.3, 0.4) is 0 Å². The second-order valence-corrected chi connectivity index (χ2v) is 7.98. The fourth-order valence-electron chi connectivity index (χ4n) is 2.71. The largest absolute Gasteiger partial charge is 0.467 e. The number of nitrogens with one attached hydrogen (secondary N) is 1. The monoisotopic (exact) mass is 404 g/mol. The first-order valence-corrected chi connectivity index (χ1v) is 9.69. The number of para-hydroxylation sites is 1. The number of benzene rings is 2. The summed E-state index contributed by atoms with van der Waals surface area (Å²) in [5.74, 6) is -0.203. The van der Waals surface area contributed by atoms with Gasteiger partial charge in [-0.1, -0.05) is 23.7 Å². The molecule has 0 fully saturated rings. The topological polar surface area (TPSA) is 96.5 Å². The molecule has 0 bridgehead atoms. The molecule has 0 unspecified atom stereocenters. The number of hydrogen-bond acceptors (Lipinski definition) is 5. The standard InChI is InChI=1S/C18H13ClN2O5S/c19-14-5-1-2-6-16(14)21(11-12-4-3-9-25-12)27(23,24)13-7-8-15-17(10-13)26-18(22)20-15/h1-10H,11H2,(H,20,22). The van der Waals surface area contributed by atoms with E-state index in [-0.39, 0.29) is 22.0 Å². The molecule has 0 atom stereocenters. The summed E-state index contributed by atoms with van der Waals surface area (Å²) in [4.78, 5) is 13.8. The van der Waals surface area contributed by atoms with Crippen molar-refractivity contribution in [1.82, 2.24) is 4.98 Å². The summed E-state index contributed by atoms with van der Waals surface area (Å²) >= 11 is 6.25. The first kappa shape index (κ1) is 17.4. The number of halogens is 1. The Morgan fingerprint density at radius 1 is 1.07 bits per heavy atom. The molecule has 0 spiro atoms. The van der Waals surface area contributed by atoms with Crippen LogP contribution in [-0.4, -0.2) is 13.4 Å². The van der Waals surface area contributed by atoms with Gasteiger partial charge >= 0.3 is 5.76 Å². The van der Waals surface area contributed by atoms with Crippen LogP contribution in [0.2, 0.25) is 5.02 Å². The molecular weight excluding hydrogens is 392 g/mol. The highest BCUT2D eigenvalue weighted by Crippen LogP contribution is 2.32. The summed E-state index contributed by atoms with van der Waals surface area (Å²) < 4.78 is 38.2. The maximum Gasteiger partial charge on any atom is 0.417 e. The molecule has 138 valence electrons. The molecule has 1 N–H and O–H groups in total. The summed E-state index contributed by atoms with van der Waals surface area (Å²) in [6.45, 7) is -0.0474. The Morgan fingerprint density at radius 2 is 1.89 bits per heavy atom. The Balaban J connectivity index is 1.86. The fraction of sp³-hybridized carbons (Fsp3) is 0.0556. The Bertz CT molecular complexity index is 1260. The van der Waals surface area contributed by atoms with Crippen LogP contribution in [-0.2, 0) is 16.6 Å². The van der Waals surface area contributed by atoms with Crippen LogP contribution in [0.1, 0.15) is 5.76 Å². The van der Waals surface area contributed by atoms with E-state index in [1.165, 1.54) is 24.5 Å². The number of aromatic amines is 1. The van der Waals surface area contributed by atoms with E-state index >= 15 is 0 Å². The molecule has 9 heteroatoms. The normalized spacial score (nSPS) is 11.7. The minimum atomic E-state index is -4.02. The van der Waals surface area contributed by atoms with Gasteiger partial charge in [-0.15, -0.1) is 0 Å². The van der Waals surface area contributed by atoms with Crippen molar-refractivity contribution in [2.75, 3.05) is 4.31 Å². The number of fused-ring (bicyclic) bond motifs is 1. The van der Waals surface area contributed by atoms with Crippen molar-refractivity contribution in [3.63, 3.8) is 0 Å². The predicted molar refractivity (Wildman–Crippen MR) is 100 cm³/mol. The molecule has 7 nitrogen and oxygen atoms in total. The van der Waals surface area contributed by atoms with Crippen molar-refractivity contribution >= 4 is 38.4 Å². The zero-order chi connectivity index (χ0) is 19.0. The molecular formula is C18H13ClN2O5S. The van der Waals surface area contributed by atoms with Gasteiger partial charge in [-0.3, -0.25) is 9.29 Å². The molecule has 4 rings (SSSR count). The number of hydrogen-bond donors (Lipinski definition) is 1. The molecule has 0 aliphatic rings. The molecule has 0 amide bonds. The van der Waals surface area contributed by atoms with Crippen LogP contribution in [0.25, 0.3) is 11.1 Å². The van der Waals surface area contributed by atoms with Gasteiger partial charge < -0.3 is 8.83 Å². The van der Waals surface area contributed by atoms with Gasteiger partial charge in [0.15, 0.2) is 5.58 Å². The van der Waals surface area contributed by atoms with Crippen LogP contribution < -0.4 is 10.1 Å². The van der Waals surface area contributed by atoms with Gasteiger partial charge in [0.1, 0.15) is 5.76 Å². The molecule has 2 aromatic carbocycles. The molecule has 4 aromatic rings. The quantitative estimate of drug-likeness (QED) is 0.546. The summed E-state index contributed by atoms with van der Waals surface area (Å²) in [5.41, 5.74) is 0.874. The number of sulfonamides is 1. The fourth-order valence-corrected chi connectivity index (χ4v) is 4.46. The van der Waals surface area contributed by atoms with Crippen LogP contribution in [0.5, 0.6) is 0 Å². The lowest BCUT2D eigenvalue weighted by Crippen LogP contribution is -2.30. The van der Waals surface area contributed by atoms with Gasteiger partial charge in [0, 0.05) is 6.07 Å². The zero-order valence-electron chi connectivity index (χ0n) is 13.8. The minimum Gasteiger partial charge on any atom is -0.467 e. The maximum absolute atomic E-state index is 13.4. The molecule has 27 heavy (non-hydrogen) atoms. The van der Waals surface area contributed by atoms with E-state index in [4.69, 9.17) is 20.4 Å². The predicted octanol–water partition coefficient (Wildman–Crippen LogP) is 3.76. The second kappa shape index (κ2) is 6.64. The Kier molecular flexibility index (Phi) is 4.29. The van der Waals surface area contributed by atoms with E-state index in [0.717, 1.165) is 4.31 Å². The van der Waals surface area contributed by atoms with Crippen molar-refractivity contribution in [2.24, 2.45) is 0 Å². The molecule has 2 heterocycles. The van der Waals surface area contributed by atoms with E-state index in [2.05, 4.69) is 4.98 Å². The number of H-pyrrole nitrogens is 1. The molecule has 0 radical (unpaired) electrons. The van der Waals surface area contributed by atoms with Gasteiger partial charge in [-0.05, 0) is 36.4 Å². The number of oxazole rings is 1. The number of nitrogens with zero attached hydrogens (tertiary/aromatic N) is 1. The van der Waals surface area contributed by atoms with Gasteiger partial charge in [0.25, 0.3) is 10.0 Å². The molecule has 0 saturated carbocycles.